The molecule has 2 fully saturated rings. The summed E-state index contributed by atoms with van der Waals surface area (Å²) in [5.74, 6) is -0.774. The van der Waals surface area contributed by atoms with Crippen LogP contribution in [0.15, 0.2) is 54.1 Å². The summed E-state index contributed by atoms with van der Waals surface area (Å²) in [7, 11) is 1.41. The van der Waals surface area contributed by atoms with E-state index < -0.39 is 11.7 Å². The van der Waals surface area contributed by atoms with Crippen LogP contribution in [0.4, 0.5) is 0 Å². The van der Waals surface area contributed by atoms with Gasteiger partial charge in [-0.3, -0.25) is 4.79 Å². The molecular formula is C36H54O7. The monoisotopic (exact) mass is 598 g/mol. The molecule has 5 atom stereocenters. The minimum absolute atomic E-state index is 0.190. The van der Waals surface area contributed by atoms with Crippen molar-refractivity contribution < 1.29 is 33.6 Å². The Kier molecular flexibility index (Phi) is 13.9. The molecule has 7 nitrogen and oxygen atoms in total. The first-order chi connectivity index (χ1) is 20.6. The quantitative estimate of drug-likeness (QED) is 0.118. The Morgan fingerprint density at radius 2 is 1.84 bits per heavy atom. The molecule has 3 rings (SSSR count). The Morgan fingerprint density at radius 1 is 1.09 bits per heavy atom. The average molecular weight is 599 g/mol. The summed E-state index contributed by atoms with van der Waals surface area (Å²) in [4.78, 5) is 25.1. The minimum Gasteiger partial charge on any atom is -0.469 e. The molecule has 1 saturated heterocycles. The Hall–Kier alpha value is -2.48. The topological polar surface area (TPSA) is 91.3 Å². The van der Waals surface area contributed by atoms with Crippen LogP contribution in [-0.2, 0) is 23.7 Å². The predicted octanol–water partition coefficient (Wildman–Crippen LogP) is 7.72. The first kappa shape index (κ1) is 35.0. The van der Waals surface area contributed by atoms with Gasteiger partial charge in [-0.1, -0.05) is 68.7 Å². The van der Waals surface area contributed by atoms with E-state index in [2.05, 4.69) is 33.8 Å². The SMILES string of the molecule is COC(=O)CCCCCC[C@@]1(OC(=O)c2ccccc2)CC[C@@H](OC2CCCCO2)[C@H]1/C=C/[C@@H](O)C(C)(C)CC=C(C)C. The highest BCUT2D eigenvalue weighted by Crippen LogP contribution is 2.46. The Balaban J connectivity index is 1.86. The van der Waals surface area contributed by atoms with Crippen molar-refractivity contribution >= 4 is 11.9 Å². The van der Waals surface area contributed by atoms with E-state index >= 15 is 0 Å². The summed E-state index contributed by atoms with van der Waals surface area (Å²) in [5.41, 5.74) is 0.595. The summed E-state index contributed by atoms with van der Waals surface area (Å²) < 4.78 is 23.8. The fourth-order valence-electron chi connectivity index (χ4n) is 6.04. The molecule has 1 aliphatic carbocycles. The van der Waals surface area contributed by atoms with Gasteiger partial charge in [0.25, 0.3) is 0 Å². The number of rotatable bonds is 16. The van der Waals surface area contributed by atoms with Gasteiger partial charge in [0.15, 0.2) is 6.29 Å². The van der Waals surface area contributed by atoms with Gasteiger partial charge in [-0.25, -0.2) is 4.79 Å². The fraction of sp³-hybridized carbons (Fsp3) is 0.667. The van der Waals surface area contributed by atoms with E-state index in [1.165, 1.54) is 12.7 Å². The second kappa shape index (κ2) is 17.1. The number of methoxy groups -OCH3 is 1. The van der Waals surface area contributed by atoms with Crippen molar-refractivity contribution in [1.29, 1.82) is 0 Å². The molecule has 2 aliphatic rings. The number of benzene rings is 1. The molecule has 43 heavy (non-hydrogen) atoms. The molecule has 1 saturated carbocycles. The van der Waals surface area contributed by atoms with Crippen LogP contribution < -0.4 is 0 Å². The van der Waals surface area contributed by atoms with Gasteiger partial charge in [-0.05, 0) is 89.2 Å². The number of hydrogen-bond donors (Lipinski definition) is 1. The predicted molar refractivity (Wildman–Crippen MR) is 168 cm³/mol. The Morgan fingerprint density at radius 3 is 2.51 bits per heavy atom. The maximum absolute atomic E-state index is 13.5. The summed E-state index contributed by atoms with van der Waals surface area (Å²) in [5, 5.41) is 11.3. The largest absolute Gasteiger partial charge is 0.469 e. The number of aliphatic hydroxyl groups is 1. The van der Waals surface area contributed by atoms with Crippen molar-refractivity contribution in [2.24, 2.45) is 11.3 Å². The second-order valence-electron chi connectivity index (χ2n) is 13.1. The lowest BCUT2D eigenvalue weighted by molar-refractivity contribution is -0.197. The van der Waals surface area contributed by atoms with Crippen LogP contribution in [0.25, 0.3) is 0 Å². The van der Waals surface area contributed by atoms with E-state index in [-0.39, 0.29) is 35.7 Å². The van der Waals surface area contributed by atoms with E-state index in [0.717, 1.165) is 57.8 Å². The van der Waals surface area contributed by atoms with Gasteiger partial charge >= 0.3 is 11.9 Å². The summed E-state index contributed by atoms with van der Waals surface area (Å²) in [6, 6.07) is 9.13. The summed E-state index contributed by atoms with van der Waals surface area (Å²) in [6.07, 6.45) is 14.5. The highest BCUT2D eigenvalue weighted by molar-refractivity contribution is 5.89. The smallest absolute Gasteiger partial charge is 0.338 e. The number of esters is 2. The fourth-order valence-corrected chi connectivity index (χ4v) is 6.04. The van der Waals surface area contributed by atoms with Gasteiger partial charge in [0.2, 0.25) is 0 Å². The van der Waals surface area contributed by atoms with Crippen LogP contribution in [0.1, 0.15) is 115 Å². The molecule has 1 aromatic carbocycles. The third kappa shape index (κ3) is 10.9. The van der Waals surface area contributed by atoms with Crippen LogP contribution in [0.5, 0.6) is 0 Å². The summed E-state index contributed by atoms with van der Waals surface area (Å²) in [6.45, 7) is 8.96. The number of ether oxygens (including phenoxy) is 4. The van der Waals surface area contributed by atoms with Crippen molar-refractivity contribution in [2.45, 2.75) is 129 Å². The first-order valence-corrected chi connectivity index (χ1v) is 16.2. The third-order valence-electron chi connectivity index (χ3n) is 8.93. The molecular weight excluding hydrogens is 544 g/mol. The van der Waals surface area contributed by atoms with Gasteiger partial charge in [-0.2, -0.15) is 0 Å². The molecule has 1 unspecified atom stereocenters. The number of carbonyl (C=O) groups is 2. The van der Waals surface area contributed by atoms with Gasteiger partial charge < -0.3 is 24.1 Å². The van der Waals surface area contributed by atoms with E-state index in [0.29, 0.717) is 31.4 Å². The van der Waals surface area contributed by atoms with Gasteiger partial charge in [0, 0.05) is 18.9 Å². The van der Waals surface area contributed by atoms with Gasteiger partial charge in [-0.15, -0.1) is 0 Å². The molecule has 0 spiro atoms. The lowest BCUT2D eigenvalue weighted by atomic mass is 9.80. The standard InChI is InChI=1S/C36H54O7/c1-27(2)21-24-35(3,4)31(37)20-19-29-30(42-33-18-12-14-26-41-33)22-25-36(29,23-13-7-6-11-17-32(38)40-5)43-34(39)28-15-9-8-10-16-28/h8-10,15-16,19-21,29-31,33,37H,6-7,11-14,17-18,22-26H2,1-5H3/b20-19+/t29-,30-,31-,33?,36-/m1/s1. The molecule has 1 heterocycles. The highest BCUT2D eigenvalue weighted by Gasteiger charge is 2.51. The highest BCUT2D eigenvalue weighted by atomic mass is 16.7. The minimum atomic E-state index is -0.783. The lowest BCUT2D eigenvalue weighted by Crippen LogP contribution is -2.43. The zero-order chi connectivity index (χ0) is 31.3. The number of allylic oxidation sites excluding steroid dienone is 2. The molecule has 0 aromatic heterocycles. The molecule has 0 radical (unpaired) electrons. The molecule has 7 heteroatoms. The van der Waals surface area contributed by atoms with Crippen molar-refractivity contribution in [3.05, 3.63) is 59.7 Å². The van der Waals surface area contributed by atoms with Gasteiger partial charge in [0.1, 0.15) is 5.60 Å². The van der Waals surface area contributed by atoms with E-state index in [4.69, 9.17) is 18.9 Å². The third-order valence-corrected chi connectivity index (χ3v) is 8.93. The molecule has 0 bridgehead atoms. The van der Waals surface area contributed by atoms with Gasteiger partial charge in [0.05, 0.1) is 24.9 Å². The van der Waals surface area contributed by atoms with Crippen molar-refractivity contribution in [3.8, 4) is 0 Å². The maximum atomic E-state index is 13.5. The molecule has 1 aromatic rings. The van der Waals surface area contributed by atoms with Crippen LogP contribution in [0.3, 0.4) is 0 Å². The van der Waals surface area contributed by atoms with Crippen LogP contribution in [0.2, 0.25) is 0 Å². The lowest BCUT2D eigenvalue weighted by Gasteiger charge is -2.37. The molecule has 1 aliphatic heterocycles. The zero-order valence-electron chi connectivity index (χ0n) is 27.0. The maximum Gasteiger partial charge on any atom is 0.338 e. The van der Waals surface area contributed by atoms with E-state index in [1.807, 2.05) is 30.4 Å². The zero-order valence-corrected chi connectivity index (χ0v) is 27.0. The molecule has 1 N–H and O–H groups in total. The average Bonchev–Trinajstić information content (AvgIpc) is 3.33. The van der Waals surface area contributed by atoms with Crippen molar-refractivity contribution in [1.82, 2.24) is 0 Å². The first-order valence-electron chi connectivity index (χ1n) is 16.2. The normalized spacial score (nSPS) is 24.9. The van der Waals surface area contributed by atoms with E-state index in [1.54, 1.807) is 12.1 Å². The van der Waals surface area contributed by atoms with Crippen molar-refractivity contribution in [3.63, 3.8) is 0 Å². The number of carbonyl (C=O) groups excluding carboxylic acids is 2. The van der Waals surface area contributed by atoms with Crippen LogP contribution in [0, 0.1) is 11.3 Å². The number of unbranched alkanes of at least 4 members (excludes halogenated alkanes) is 3. The molecule has 0 amide bonds. The molecule has 240 valence electrons. The number of hydrogen-bond acceptors (Lipinski definition) is 7. The second-order valence-corrected chi connectivity index (χ2v) is 13.1. The van der Waals surface area contributed by atoms with Crippen molar-refractivity contribution in [2.75, 3.05) is 13.7 Å². The van der Waals surface area contributed by atoms with E-state index in [9.17, 15) is 14.7 Å². The van der Waals surface area contributed by atoms with Crippen LogP contribution >= 0.6 is 0 Å². The Labute approximate surface area is 259 Å². The Bertz CT molecular complexity index is 1050. The van der Waals surface area contributed by atoms with Crippen LogP contribution in [-0.4, -0.2) is 54.9 Å². The number of aliphatic hydroxyl groups excluding tert-OH is 1. The summed E-state index contributed by atoms with van der Waals surface area (Å²) >= 11 is 0.